The van der Waals surface area contributed by atoms with Crippen molar-refractivity contribution in [2.75, 3.05) is 13.1 Å². The Kier molecular flexibility index (Phi) is 4.83. The van der Waals surface area contributed by atoms with Crippen molar-refractivity contribution >= 4 is 38.3 Å². The third-order valence-electron chi connectivity index (χ3n) is 7.21. The molecule has 0 spiro atoms. The molecule has 11 heteroatoms. The van der Waals surface area contributed by atoms with Crippen molar-refractivity contribution in [2.45, 2.75) is 37.6 Å². The SMILES string of the molecule is Cc1nnc2ccc3c(cc(-c4ccn(C5CN(S(=O)(=O)C6CC6)C5)n4)n3Cc3cccc(Cl)c3)n12. The van der Waals surface area contributed by atoms with Crippen molar-refractivity contribution in [1.82, 2.24) is 33.3 Å². The first kappa shape index (κ1) is 22.0. The summed E-state index contributed by atoms with van der Waals surface area (Å²) >= 11 is 6.28. The summed E-state index contributed by atoms with van der Waals surface area (Å²) in [5.74, 6) is 0.819. The maximum atomic E-state index is 12.5. The van der Waals surface area contributed by atoms with Crippen LogP contribution in [-0.4, -0.2) is 60.0 Å². The number of hydrogen-bond acceptors (Lipinski definition) is 5. The molecular formula is C25H24ClN7O2S. The molecule has 1 saturated heterocycles. The summed E-state index contributed by atoms with van der Waals surface area (Å²) in [6.45, 7) is 3.52. The zero-order valence-electron chi connectivity index (χ0n) is 19.6. The van der Waals surface area contributed by atoms with Gasteiger partial charge in [0.05, 0.1) is 28.0 Å². The number of hydrogen-bond donors (Lipinski definition) is 0. The second kappa shape index (κ2) is 7.89. The molecule has 184 valence electrons. The van der Waals surface area contributed by atoms with Gasteiger partial charge in [0.25, 0.3) is 0 Å². The summed E-state index contributed by atoms with van der Waals surface area (Å²) < 4.78 is 32.8. The Balaban J connectivity index is 1.28. The van der Waals surface area contributed by atoms with Gasteiger partial charge >= 0.3 is 0 Å². The number of sulfonamides is 1. The summed E-state index contributed by atoms with van der Waals surface area (Å²) in [4.78, 5) is 0. The molecule has 1 saturated carbocycles. The average molecular weight is 522 g/mol. The van der Waals surface area contributed by atoms with Crippen LogP contribution in [0.3, 0.4) is 0 Å². The molecule has 36 heavy (non-hydrogen) atoms. The fourth-order valence-corrected chi connectivity index (χ4v) is 7.21. The minimum atomic E-state index is -3.13. The quantitative estimate of drug-likeness (QED) is 0.338. The van der Waals surface area contributed by atoms with Gasteiger partial charge in [0, 0.05) is 30.9 Å². The topological polar surface area (TPSA) is 90.3 Å². The standard InChI is InChI=1S/C25H24ClN7O2S/c1-16-27-28-25-8-7-22-24(33(16)25)12-23(31(22)13-17-3-2-4-18(26)11-17)21-9-10-32(29-21)19-14-30(15-19)36(34,35)20-5-6-20/h2-4,7-12,19-20H,5-6,13-15H2,1H3. The van der Waals surface area contributed by atoms with Crippen molar-refractivity contribution in [3.63, 3.8) is 0 Å². The van der Waals surface area contributed by atoms with Crippen LogP contribution in [0.15, 0.2) is 54.7 Å². The van der Waals surface area contributed by atoms with Gasteiger partial charge in [-0.25, -0.2) is 8.42 Å². The fourth-order valence-electron chi connectivity index (χ4n) is 5.09. The number of nitrogens with zero attached hydrogens (tertiary/aromatic N) is 7. The van der Waals surface area contributed by atoms with E-state index in [-0.39, 0.29) is 11.3 Å². The minimum Gasteiger partial charge on any atom is -0.333 e. The lowest BCUT2D eigenvalue weighted by Gasteiger charge is -2.38. The molecule has 0 atom stereocenters. The number of pyridine rings is 1. The molecule has 0 radical (unpaired) electrons. The van der Waals surface area contributed by atoms with E-state index >= 15 is 0 Å². The molecule has 9 nitrogen and oxygen atoms in total. The molecule has 2 aliphatic rings. The predicted octanol–water partition coefficient (Wildman–Crippen LogP) is 3.91. The van der Waals surface area contributed by atoms with Gasteiger partial charge in [0.2, 0.25) is 10.0 Å². The van der Waals surface area contributed by atoms with Crippen LogP contribution in [-0.2, 0) is 16.6 Å². The summed E-state index contributed by atoms with van der Waals surface area (Å²) in [6.07, 6.45) is 3.51. The highest BCUT2D eigenvalue weighted by atomic mass is 35.5. The molecule has 0 bridgehead atoms. The number of fused-ring (bicyclic) bond motifs is 3. The van der Waals surface area contributed by atoms with Gasteiger partial charge in [-0.15, -0.1) is 10.2 Å². The second-order valence-corrected chi connectivity index (χ2v) is 12.3. The van der Waals surface area contributed by atoms with Crippen molar-refractivity contribution in [2.24, 2.45) is 0 Å². The van der Waals surface area contributed by atoms with Gasteiger partial charge in [-0.2, -0.15) is 9.40 Å². The van der Waals surface area contributed by atoms with E-state index in [0.29, 0.717) is 24.7 Å². The largest absolute Gasteiger partial charge is 0.333 e. The van der Waals surface area contributed by atoms with Crippen LogP contribution in [0.1, 0.15) is 30.3 Å². The lowest BCUT2D eigenvalue weighted by atomic mass is 10.2. The van der Waals surface area contributed by atoms with E-state index in [1.165, 1.54) is 0 Å². The number of aryl methyl sites for hydroxylation is 1. The highest BCUT2D eigenvalue weighted by Crippen LogP contribution is 2.36. The Bertz CT molecular complexity index is 1740. The summed E-state index contributed by atoms with van der Waals surface area (Å²) in [6, 6.07) is 16.1. The van der Waals surface area contributed by atoms with Crippen LogP contribution in [0.5, 0.6) is 0 Å². The molecule has 1 aromatic carbocycles. The van der Waals surface area contributed by atoms with E-state index in [1.807, 2.05) is 48.1 Å². The minimum absolute atomic E-state index is 0.0461. The Morgan fingerprint density at radius 2 is 1.86 bits per heavy atom. The van der Waals surface area contributed by atoms with Crippen LogP contribution >= 0.6 is 11.6 Å². The van der Waals surface area contributed by atoms with Gasteiger partial charge in [-0.1, -0.05) is 23.7 Å². The highest BCUT2D eigenvalue weighted by Gasteiger charge is 2.45. The Labute approximate surface area is 213 Å². The molecule has 1 aliphatic heterocycles. The van der Waals surface area contributed by atoms with Gasteiger partial charge in [0.1, 0.15) is 11.5 Å². The first-order chi connectivity index (χ1) is 17.4. The Morgan fingerprint density at radius 3 is 2.64 bits per heavy atom. The van der Waals surface area contributed by atoms with E-state index in [2.05, 4.69) is 37.4 Å². The van der Waals surface area contributed by atoms with Crippen molar-refractivity contribution in [3.8, 4) is 11.4 Å². The average Bonchev–Trinajstić information content (AvgIpc) is 3.33. The molecule has 7 rings (SSSR count). The van der Waals surface area contributed by atoms with Crippen molar-refractivity contribution in [3.05, 3.63) is 71.1 Å². The molecule has 2 fully saturated rings. The lowest BCUT2D eigenvalue weighted by molar-refractivity contribution is 0.191. The van der Waals surface area contributed by atoms with E-state index in [4.69, 9.17) is 16.7 Å². The lowest BCUT2D eigenvalue weighted by Crippen LogP contribution is -2.51. The van der Waals surface area contributed by atoms with Crippen LogP contribution < -0.4 is 0 Å². The molecule has 0 amide bonds. The third kappa shape index (κ3) is 3.47. The normalized spacial score (nSPS) is 17.3. The third-order valence-corrected chi connectivity index (χ3v) is 9.77. The van der Waals surface area contributed by atoms with E-state index < -0.39 is 10.0 Å². The summed E-state index contributed by atoms with van der Waals surface area (Å²) in [5.41, 5.74) is 5.72. The second-order valence-electron chi connectivity index (χ2n) is 9.69. The number of aromatic nitrogens is 6. The number of rotatable bonds is 6. The molecule has 5 heterocycles. The maximum Gasteiger partial charge on any atom is 0.217 e. The number of halogens is 1. The molecule has 0 unspecified atom stereocenters. The maximum absolute atomic E-state index is 12.5. The van der Waals surface area contributed by atoms with E-state index in [0.717, 1.165) is 52.3 Å². The first-order valence-corrected chi connectivity index (χ1v) is 13.9. The van der Waals surface area contributed by atoms with Crippen LogP contribution in [0.2, 0.25) is 5.02 Å². The van der Waals surface area contributed by atoms with E-state index in [9.17, 15) is 8.42 Å². The van der Waals surface area contributed by atoms with Gasteiger partial charge in [-0.3, -0.25) is 9.08 Å². The Hall–Kier alpha value is -3.21. The summed E-state index contributed by atoms with van der Waals surface area (Å²) in [5, 5.41) is 13.9. The molecule has 5 aromatic rings. The molecular weight excluding hydrogens is 498 g/mol. The van der Waals surface area contributed by atoms with Crippen LogP contribution in [0.4, 0.5) is 0 Å². The van der Waals surface area contributed by atoms with Gasteiger partial charge < -0.3 is 4.57 Å². The summed E-state index contributed by atoms with van der Waals surface area (Å²) in [7, 11) is -3.13. The monoisotopic (exact) mass is 521 g/mol. The van der Waals surface area contributed by atoms with Crippen molar-refractivity contribution < 1.29 is 8.42 Å². The zero-order valence-corrected chi connectivity index (χ0v) is 21.2. The van der Waals surface area contributed by atoms with Crippen LogP contribution in [0, 0.1) is 6.92 Å². The Morgan fingerprint density at radius 1 is 1.03 bits per heavy atom. The molecule has 4 aromatic heterocycles. The highest BCUT2D eigenvalue weighted by molar-refractivity contribution is 7.90. The number of benzene rings is 1. The van der Waals surface area contributed by atoms with Gasteiger partial charge in [-0.05, 0) is 61.7 Å². The first-order valence-electron chi connectivity index (χ1n) is 12.0. The molecule has 1 aliphatic carbocycles. The van der Waals surface area contributed by atoms with Crippen LogP contribution in [0.25, 0.3) is 28.1 Å². The van der Waals surface area contributed by atoms with Crippen molar-refractivity contribution in [1.29, 1.82) is 0 Å². The smallest absolute Gasteiger partial charge is 0.217 e. The van der Waals surface area contributed by atoms with E-state index in [1.54, 1.807) is 4.31 Å². The van der Waals surface area contributed by atoms with Gasteiger partial charge in [0.15, 0.2) is 5.65 Å². The zero-order chi connectivity index (χ0) is 24.6. The fraction of sp³-hybridized carbons (Fsp3) is 0.320. The molecule has 0 N–H and O–H groups in total. The predicted molar refractivity (Wildman–Crippen MR) is 138 cm³/mol.